The smallest absolute Gasteiger partial charge is 0.407 e. The minimum atomic E-state index is -1.28. The van der Waals surface area contributed by atoms with E-state index in [1.165, 1.54) is 25.8 Å². The van der Waals surface area contributed by atoms with Crippen molar-refractivity contribution in [3.05, 3.63) is 66.2 Å². The second-order valence-electron chi connectivity index (χ2n) is 9.57. The Hall–Kier alpha value is -4.60. The van der Waals surface area contributed by atoms with Crippen molar-refractivity contribution in [2.24, 2.45) is 0 Å². The highest BCUT2D eigenvalue weighted by Crippen LogP contribution is 2.38. The molecule has 0 aromatic heterocycles. The Kier molecular flexibility index (Phi) is 7.75. The summed E-state index contributed by atoms with van der Waals surface area (Å²) >= 11 is 0. The van der Waals surface area contributed by atoms with Gasteiger partial charge in [-0.2, -0.15) is 0 Å². The zero-order valence-corrected chi connectivity index (χ0v) is 22.5. The molecule has 4 rings (SSSR count). The average molecular weight is 533 g/mol. The molecule has 2 N–H and O–H groups in total. The molecule has 0 radical (unpaired) electrons. The number of likely N-dealkylation sites (N-methyl/N-ethyl adjacent to an activating group) is 1. The van der Waals surface area contributed by atoms with Gasteiger partial charge in [-0.05, 0) is 42.8 Å². The van der Waals surface area contributed by atoms with Gasteiger partial charge in [-0.15, -0.1) is 0 Å². The van der Waals surface area contributed by atoms with Crippen LogP contribution < -0.4 is 19.9 Å². The number of rotatable bonds is 6. The lowest BCUT2D eigenvalue weighted by Gasteiger charge is -2.32. The molecule has 3 aromatic carbocycles. The zero-order chi connectivity index (χ0) is 28.4. The van der Waals surface area contributed by atoms with Crippen molar-refractivity contribution in [3.63, 3.8) is 0 Å². The summed E-state index contributed by atoms with van der Waals surface area (Å²) in [4.78, 5) is 55.7. The van der Waals surface area contributed by atoms with E-state index in [0.717, 1.165) is 21.2 Å². The molecule has 204 valence electrons. The molecular weight excluding hydrogens is 500 g/mol. The molecule has 0 fully saturated rings. The normalized spacial score (nSPS) is 17.7. The molecule has 10 heteroatoms. The minimum absolute atomic E-state index is 0.107. The number of amides is 4. The molecular formula is C29H32N4O6. The van der Waals surface area contributed by atoms with Gasteiger partial charge in [0.1, 0.15) is 17.8 Å². The van der Waals surface area contributed by atoms with Crippen LogP contribution in [0.2, 0.25) is 0 Å². The largest absolute Gasteiger partial charge is 0.496 e. The quantitative estimate of drug-likeness (QED) is 0.501. The molecule has 1 aliphatic rings. The Labute approximate surface area is 226 Å². The molecule has 3 atom stereocenters. The van der Waals surface area contributed by atoms with E-state index in [1.54, 1.807) is 43.2 Å². The van der Waals surface area contributed by atoms with Crippen LogP contribution in [0.4, 0.5) is 16.2 Å². The highest BCUT2D eigenvalue weighted by atomic mass is 16.5. The Morgan fingerprint density at radius 2 is 1.69 bits per heavy atom. The summed E-state index contributed by atoms with van der Waals surface area (Å²) in [6.45, 7) is 4.64. The van der Waals surface area contributed by atoms with Gasteiger partial charge in [-0.1, -0.05) is 42.5 Å². The van der Waals surface area contributed by atoms with E-state index in [-0.39, 0.29) is 12.5 Å². The third-order valence-electron chi connectivity index (χ3n) is 7.29. The van der Waals surface area contributed by atoms with Gasteiger partial charge in [0.15, 0.2) is 0 Å². The van der Waals surface area contributed by atoms with E-state index in [2.05, 4.69) is 5.32 Å². The fourth-order valence-electron chi connectivity index (χ4n) is 5.00. The fourth-order valence-corrected chi connectivity index (χ4v) is 5.00. The number of nitrogens with one attached hydrogen (secondary N) is 1. The molecule has 10 nitrogen and oxygen atoms in total. The van der Waals surface area contributed by atoms with Crippen LogP contribution in [0.5, 0.6) is 5.75 Å². The summed E-state index contributed by atoms with van der Waals surface area (Å²) < 4.78 is 5.67. The van der Waals surface area contributed by atoms with Gasteiger partial charge < -0.3 is 25.0 Å². The molecule has 39 heavy (non-hydrogen) atoms. The predicted molar refractivity (Wildman–Crippen MR) is 148 cm³/mol. The molecule has 0 spiro atoms. The van der Waals surface area contributed by atoms with Crippen LogP contribution in [0.15, 0.2) is 60.7 Å². The predicted octanol–water partition coefficient (Wildman–Crippen LogP) is 3.62. The van der Waals surface area contributed by atoms with Crippen LogP contribution in [0.3, 0.4) is 0 Å². The second kappa shape index (κ2) is 11.0. The number of carbonyl (C=O) groups is 4. The number of para-hydroxylation sites is 2. The van der Waals surface area contributed by atoms with Crippen molar-refractivity contribution in [2.45, 2.75) is 45.4 Å². The van der Waals surface area contributed by atoms with Crippen LogP contribution >= 0.6 is 0 Å². The van der Waals surface area contributed by atoms with Crippen LogP contribution in [-0.2, 0) is 20.9 Å². The molecule has 1 aliphatic heterocycles. The Bertz CT molecular complexity index is 1440. The topological polar surface area (TPSA) is 119 Å². The van der Waals surface area contributed by atoms with E-state index in [4.69, 9.17) is 4.74 Å². The summed E-state index contributed by atoms with van der Waals surface area (Å²) in [6, 6.07) is 15.7. The molecule has 0 unspecified atom stereocenters. The first-order chi connectivity index (χ1) is 18.6. The van der Waals surface area contributed by atoms with E-state index >= 15 is 0 Å². The van der Waals surface area contributed by atoms with E-state index in [1.807, 2.05) is 36.4 Å². The summed E-state index contributed by atoms with van der Waals surface area (Å²) in [5.41, 5.74) is 1.80. The lowest BCUT2D eigenvalue weighted by atomic mass is 10.0. The van der Waals surface area contributed by atoms with Gasteiger partial charge in [-0.25, -0.2) is 4.79 Å². The van der Waals surface area contributed by atoms with Gasteiger partial charge in [0.05, 0.1) is 31.1 Å². The number of carbonyl (C=O) groups excluding carboxylic acids is 3. The lowest BCUT2D eigenvalue weighted by Crippen LogP contribution is -2.60. The molecule has 0 saturated carbocycles. The van der Waals surface area contributed by atoms with Gasteiger partial charge >= 0.3 is 6.09 Å². The first kappa shape index (κ1) is 27.4. The number of hydrogen-bond acceptors (Lipinski definition) is 5. The van der Waals surface area contributed by atoms with Gasteiger partial charge in [0.2, 0.25) is 11.8 Å². The lowest BCUT2D eigenvalue weighted by molar-refractivity contribution is -0.130. The minimum Gasteiger partial charge on any atom is -0.496 e. The number of nitrogens with zero attached hydrogens (tertiary/aromatic N) is 3. The Morgan fingerprint density at radius 1 is 1.05 bits per heavy atom. The van der Waals surface area contributed by atoms with Crippen molar-refractivity contribution in [1.82, 2.24) is 10.2 Å². The van der Waals surface area contributed by atoms with Crippen LogP contribution in [-0.4, -0.2) is 66.1 Å². The monoisotopic (exact) mass is 532 g/mol. The third kappa shape index (κ3) is 5.09. The molecule has 0 saturated heterocycles. The van der Waals surface area contributed by atoms with Crippen LogP contribution in [0.25, 0.3) is 10.8 Å². The van der Waals surface area contributed by atoms with Gasteiger partial charge in [0, 0.05) is 19.5 Å². The van der Waals surface area contributed by atoms with E-state index in [0.29, 0.717) is 17.1 Å². The number of methoxy groups -OCH3 is 1. The maximum absolute atomic E-state index is 14.3. The van der Waals surface area contributed by atoms with Crippen molar-refractivity contribution in [1.29, 1.82) is 0 Å². The summed E-state index contributed by atoms with van der Waals surface area (Å²) in [7, 11) is 2.84. The second-order valence-corrected chi connectivity index (χ2v) is 9.57. The highest BCUT2D eigenvalue weighted by Gasteiger charge is 2.42. The molecule has 1 heterocycles. The van der Waals surface area contributed by atoms with Gasteiger partial charge in [0.25, 0.3) is 5.91 Å². The summed E-state index contributed by atoms with van der Waals surface area (Å²) in [5, 5.41) is 13.9. The average Bonchev–Trinajstić information content (AvgIpc) is 3.00. The summed E-state index contributed by atoms with van der Waals surface area (Å²) in [6.07, 6.45) is -1.28. The number of benzene rings is 3. The third-order valence-corrected chi connectivity index (χ3v) is 7.29. The van der Waals surface area contributed by atoms with Crippen molar-refractivity contribution < 1.29 is 29.0 Å². The number of anilines is 2. The molecule has 0 bridgehead atoms. The van der Waals surface area contributed by atoms with Crippen molar-refractivity contribution >= 4 is 46.0 Å². The maximum Gasteiger partial charge on any atom is 0.407 e. The Morgan fingerprint density at radius 3 is 2.33 bits per heavy atom. The fraction of sp³-hybridized carbons (Fsp3) is 0.310. The zero-order valence-electron chi connectivity index (χ0n) is 22.5. The molecule has 4 amide bonds. The highest BCUT2D eigenvalue weighted by molar-refractivity contribution is 6.09. The number of ether oxygens (including phenoxy) is 1. The Balaban J connectivity index is 1.85. The van der Waals surface area contributed by atoms with Crippen LogP contribution in [0, 0.1) is 0 Å². The number of hydrogen-bond donors (Lipinski definition) is 2. The van der Waals surface area contributed by atoms with Crippen molar-refractivity contribution in [2.75, 3.05) is 24.0 Å². The first-order valence-corrected chi connectivity index (χ1v) is 12.6. The van der Waals surface area contributed by atoms with E-state index in [9.17, 15) is 24.3 Å². The van der Waals surface area contributed by atoms with Gasteiger partial charge in [-0.3, -0.25) is 19.3 Å². The number of fused-ring (bicyclic) bond motifs is 2. The molecule has 0 aliphatic carbocycles. The number of carboxylic acid groups (broad SMARTS) is 1. The summed E-state index contributed by atoms with van der Waals surface area (Å²) in [5.74, 6) is -0.797. The molecule has 3 aromatic rings. The first-order valence-electron chi connectivity index (χ1n) is 12.6. The van der Waals surface area contributed by atoms with Crippen LogP contribution in [0.1, 0.15) is 26.3 Å². The maximum atomic E-state index is 14.3. The standard InChI is InChI=1S/C29H32N4O6/c1-17-26(30-27(35)18(2)31(4)29(37)38)28(36)32(23-12-8-9-13-24(23)33(17)19(3)34)16-22-21-11-7-6-10-20(21)14-15-25(22)39-5/h6-15,17-18,26H,16H2,1-5H3,(H,30,35)(H,37,38)/t17-,18-,26-/m0/s1. The van der Waals surface area contributed by atoms with E-state index < -0.39 is 36.0 Å². The SMILES string of the molecule is COc1ccc2ccccc2c1CN1C(=O)[C@@H](NC(=O)[C@H](C)N(C)C(=O)O)[C@H](C)N(C(C)=O)c2ccccc21. The van der Waals surface area contributed by atoms with Crippen molar-refractivity contribution in [3.8, 4) is 5.75 Å².